The quantitative estimate of drug-likeness (QED) is 0.821. The predicted molar refractivity (Wildman–Crippen MR) is 86.1 cm³/mol. The minimum atomic E-state index is -3.59. The van der Waals surface area contributed by atoms with E-state index in [0.29, 0.717) is 5.13 Å². The molecule has 0 saturated heterocycles. The van der Waals surface area contributed by atoms with Gasteiger partial charge in [0.05, 0.1) is 4.90 Å². The first kappa shape index (κ1) is 15.9. The average Bonchev–Trinajstić information content (AvgIpc) is 2.97. The fraction of sp³-hybridized carbons (Fsp3) is 0.357. The molecule has 0 fully saturated rings. The fourth-order valence-electron chi connectivity index (χ4n) is 2.09. The van der Waals surface area contributed by atoms with Crippen molar-refractivity contribution in [1.82, 2.24) is 10.3 Å². The molecule has 0 aliphatic carbocycles. The molecule has 0 aliphatic heterocycles. The molecule has 7 heteroatoms. The topological polar surface area (TPSA) is 71.1 Å². The predicted octanol–water partition coefficient (Wildman–Crippen LogP) is 3.00. The average molecular weight is 325 g/mol. The lowest BCUT2D eigenvalue weighted by Crippen LogP contribution is -2.20. The van der Waals surface area contributed by atoms with Crippen molar-refractivity contribution < 1.29 is 8.42 Å². The van der Waals surface area contributed by atoms with Gasteiger partial charge in [-0.15, -0.1) is 11.3 Å². The van der Waals surface area contributed by atoms with E-state index in [-0.39, 0.29) is 10.9 Å². The molecule has 1 aromatic carbocycles. The summed E-state index contributed by atoms with van der Waals surface area (Å²) in [5.74, 6) is 0. The summed E-state index contributed by atoms with van der Waals surface area (Å²) in [4.78, 5) is 4.20. The third-order valence-corrected chi connectivity index (χ3v) is 5.24. The molecule has 0 aliphatic rings. The number of nitrogens with one attached hydrogen (secondary N) is 2. The van der Waals surface area contributed by atoms with Crippen LogP contribution in [0.1, 0.15) is 31.9 Å². The molecule has 0 amide bonds. The minimum absolute atomic E-state index is 0.157. The zero-order valence-electron chi connectivity index (χ0n) is 12.0. The molecule has 1 heterocycles. The van der Waals surface area contributed by atoms with E-state index in [4.69, 9.17) is 0 Å². The number of hydrogen-bond donors (Lipinski definition) is 2. The van der Waals surface area contributed by atoms with Crippen molar-refractivity contribution in [3.05, 3.63) is 41.4 Å². The lowest BCUT2D eigenvalue weighted by Gasteiger charge is -2.17. The summed E-state index contributed by atoms with van der Waals surface area (Å²) < 4.78 is 27.2. The molecule has 21 heavy (non-hydrogen) atoms. The number of sulfonamides is 1. The molecular formula is C14H19N3O2S2. The van der Waals surface area contributed by atoms with Crippen LogP contribution in [0, 0.1) is 0 Å². The van der Waals surface area contributed by atoms with Crippen molar-refractivity contribution in [2.75, 3.05) is 11.3 Å². The molecular weight excluding hydrogens is 306 g/mol. The van der Waals surface area contributed by atoms with Crippen LogP contribution in [-0.2, 0) is 10.0 Å². The maximum absolute atomic E-state index is 12.4. The summed E-state index contributed by atoms with van der Waals surface area (Å²) in [5.41, 5.74) is 0.973. The molecule has 1 atom stereocenters. The van der Waals surface area contributed by atoms with Gasteiger partial charge in [-0.3, -0.25) is 4.72 Å². The summed E-state index contributed by atoms with van der Waals surface area (Å²) in [6, 6.07) is 7.18. The van der Waals surface area contributed by atoms with E-state index >= 15 is 0 Å². The van der Waals surface area contributed by atoms with Crippen LogP contribution in [0.15, 0.2) is 40.7 Å². The number of thiazole rings is 1. The maximum Gasteiger partial charge on any atom is 0.263 e. The van der Waals surface area contributed by atoms with Crippen LogP contribution in [0.3, 0.4) is 0 Å². The van der Waals surface area contributed by atoms with Crippen LogP contribution >= 0.6 is 11.3 Å². The van der Waals surface area contributed by atoms with Crippen LogP contribution in [0.5, 0.6) is 0 Å². The highest BCUT2D eigenvalue weighted by Gasteiger charge is 2.17. The highest BCUT2D eigenvalue weighted by atomic mass is 32.2. The second-order valence-corrected chi connectivity index (χ2v) is 7.11. The Balaban J connectivity index is 2.27. The van der Waals surface area contributed by atoms with E-state index in [2.05, 4.69) is 21.9 Å². The highest BCUT2D eigenvalue weighted by molar-refractivity contribution is 7.93. The summed E-state index contributed by atoms with van der Waals surface area (Å²) in [6.45, 7) is 4.95. The Hall–Kier alpha value is -1.44. The third kappa shape index (κ3) is 4.03. The molecule has 2 N–H and O–H groups in total. The Labute approximate surface area is 129 Å². The summed E-state index contributed by atoms with van der Waals surface area (Å²) in [6.07, 6.45) is 2.47. The van der Waals surface area contributed by atoms with Crippen molar-refractivity contribution in [2.45, 2.75) is 31.2 Å². The lowest BCUT2D eigenvalue weighted by atomic mass is 10.0. The van der Waals surface area contributed by atoms with E-state index in [1.165, 1.54) is 11.3 Å². The fourth-order valence-corrected chi connectivity index (χ4v) is 3.93. The summed E-state index contributed by atoms with van der Waals surface area (Å²) >= 11 is 1.25. The monoisotopic (exact) mass is 325 g/mol. The van der Waals surface area contributed by atoms with E-state index < -0.39 is 10.0 Å². The Morgan fingerprint density at radius 2 is 2.14 bits per heavy atom. The van der Waals surface area contributed by atoms with Crippen molar-refractivity contribution in [2.24, 2.45) is 0 Å². The van der Waals surface area contributed by atoms with Gasteiger partial charge in [0.15, 0.2) is 5.13 Å². The molecule has 0 bridgehead atoms. The van der Waals surface area contributed by atoms with E-state index in [1.807, 2.05) is 13.0 Å². The molecule has 114 valence electrons. The number of anilines is 1. The zero-order chi connectivity index (χ0) is 15.3. The van der Waals surface area contributed by atoms with Gasteiger partial charge in [-0.05, 0) is 30.7 Å². The summed E-state index contributed by atoms with van der Waals surface area (Å²) in [7, 11) is -3.59. The van der Waals surface area contributed by atoms with Gasteiger partial charge in [0, 0.05) is 17.6 Å². The van der Waals surface area contributed by atoms with Crippen molar-refractivity contribution >= 4 is 26.5 Å². The minimum Gasteiger partial charge on any atom is -0.310 e. The molecule has 2 rings (SSSR count). The van der Waals surface area contributed by atoms with Gasteiger partial charge in [0.25, 0.3) is 10.0 Å². The Morgan fingerprint density at radius 1 is 1.33 bits per heavy atom. The first-order chi connectivity index (χ1) is 10.1. The molecule has 5 nitrogen and oxygen atoms in total. The molecule has 1 aromatic heterocycles. The summed E-state index contributed by atoms with van der Waals surface area (Å²) in [5, 5.41) is 5.45. The number of rotatable bonds is 7. The second-order valence-electron chi connectivity index (χ2n) is 4.53. The maximum atomic E-state index is 12.4. The van der Waals surface area contributed by atoms with Gasteiger partial charge in [0.1, 0.15) is 0 Å². The second kappa shape index (κ2) is 7.02. The van der Waals surface area contributed by atoms with Crippen molar-refractivity contribution in [3.63, 3.8) is 0 Å². The van der Waals surface area contributed by atoms with E-state index in [0.717, 1.165) is 18.5 Å². The number of hydrogen-bond acceptors (Lipinski definition) is 5. The standard InChI is InChI=1S/C14H19N3O2S2/c1-3-13(15-4-2)11-6-5-7-12(10-11)21(18,19)17-14-16-8-9-20-14/h5-10,13,15H,3-4H2,1-2H3,(H,16,17). The van der Waals surface area contributed by atoms with Crippen molar-refractivity contribution in [1.29, 1.82) is 0 Å². The Bertz CT molecular complexity index is 669. The molecule has 0 saturated carbocycles. The van der Waals surface area contributed by atoms with Crippen LogP contribution in [0.25, 0.3) is 0 Å². The SMILES string of the molecule is CCNC(CC)c1cccc(S(=O)(=O)Nc2nccs2)c1. The number of nitrogens with zero attached hydrogens (tertiary/aromatic N) is 1. The number of aromatic nitrogens is 1. The van der Waals surface area contributed by atoms with Gasteiger partial charge in [-0.25, -0.2) is 13.4 Å². The third-order valence-electron chi connectivity index (χ3n) is 3.08. The van der Waals surface area contributed by atoms with Gasteiger partial charge < -0.3 is 5.32 Å². The highest BCUT2D eigenvalue weighted by Crippen LogP contribution is 2.22. The first-order valence-electron chi connectivity index (χ1n) is 6.82. The lowest BCUT2D eigenvalue weighted by molar-refractivity contribution is 0.536. The largest absolute Gasteiger partial charge is 0.310 e. The van der Waals surface area contributed by atoms with E-state index in [9.17, 15) is 8.42 Å². The molecule has 0 spiro atoms. The van der Waals surface area contributed by atoms with Crippen LogP contribution < -0.4 is 10.0 Å². The molecule has 2 aromatic rings. The van der Waals surface area contributed by atoms with E-state index in [1.54, 1.807) is 29.8 Å². The number of benzene rings is 1. The smallest absolute Gasteiger partial charge is 0.263 e. The van der Waals surface area contributed by atoms with Crippen LogP contribution in [0.2, 0.25) is 0 Å². The Morgan fingerprint density at radius 3 is 2.76 bits per heavy atom. The van der Waals surface area contributed by atoms with Crippen LogP contribution in [-0.4, -0.2) is 19.9 Å². The van der Waals surface area contributed by atoms with Gasteiger partial charge in [-0.1, -0.05) is 26.0 Å². The van der Waals surface area contributed by atoms with Crippen molar-refractivity contribution in [3.8, 4) is 0 Å². The van der Waals surface area contributed by atoms with Crippen LogP contribution in [0.4, 0.5) is 5.13 Å². The van der Waals surface area contributed by atoms with Gasteiger partial charge in [0.2, 0.25) is 0 Å². The zero-order valence-corrected chi connectivity index (χ0v) is 13.7. The van der Waals surface area contributed by atoms with Gasteiger partial charge >= 0.3 is 0 Å². The normalized spacial score (nSPS) is 13.0. The molecule has 1 unspecified atom stereocenters. The Kier molecular flexibility index (Phi) is 5.33. The first-order valence-corrected chi connectivity index (χ1v) is 9.18. The van der Waals surface area contributed by atoms with Gasteiger partial charge in [-0.2, -0.15) is 0 Å². The molecule has 0 radical (unpaired) electrons.